The molecule has 0 aromatic heterocycles. The van der Waals surface area contributed by atoms with E-state index in [2.05, 4.69) is 35.4 Å². The summed E-state index contributed by atoms with van der Waals surface area (Å²) < 4.78 is 0. The van der Waals surface area contributed by atoms with Crippen molar-refractivity contribution in [2.45, 2.75) is 52.1 Å². The lowest BCUT2D eigenvalue weighted by Crippen LogP contribution is -2.49. The molecule has 0 N–H and O–H groups in total. The van der Waals surface area contributed by atoms with E-state index in [9.17, 15) is 0 Å². The highest BCUT2D eigenvalue weighted by Crippen LogP contribution is 2.09. The Kier molecular flexibility index (Phi) is 7.45. The van der Waals surface area contributed by atoms with Crippen molar-refractivity contribution in [2.24, 2.45) is 4.99 Å². The van der Waals surface area contributed by atoms with Gasteiger partial charge in [-0.1, -0.05) is 32.6 Å². The molecule has 1 atom stereocenters. The summed E-state index contributed by atoms with van der Waals surface area (Å²) >= 11 is 0. The van der Waals surface area contributed by atoms with Gasteiger partial charge in [-0.05, 0) is 26.6 Å². The monoisotopic (exact) mass is 239 g/mol. The second-order valence-corrected chi connectivity index (χ2v) is 5.11. The fraction of sp³-hybridized carbons (Fsp3) is 0.929. The van der Waals surface area contributed by atoms with Gasteiger partial charge in [-0.3, -0.25) is 9.89 Å². The van der Waals surface area contributed by atoms with Crippen molar-refractivity contribution in [3.63, 3.8) is 0 Å². The maximum Gasteiger partial charge on any atom is 0.0984 e. The predicted octanol–water partition coefficient (Wildman–Crippen LogP) is 2.62. The van der Waals surface area contributed by atoms with E-state index in [4.69, 9.17) is 0 Å². The van der Waals surface area contributed by atoms with Crippen LogP contribution in [0.5, 0.6) is 0 Å². The molecule has 100 valence electrons. The van der Waals surface area contributed by atoms with E-state index in [0.717, 1.165) is 13.1 Å². The number of aliphatic imine (C=N–C) groups is 1. The molecule has 0 aliphatic carbocycles. The van der Waals surface area contributed by atoms with Crippen LogP contribution in [0.25, 0.3) is 0 Å². The number of hydrogen-bond donors (Lipinski definition) is 0. The van der Waals surface area contributed by atoms with Gasteiger partial charge in [0.1, 0.15) is 0 Å². The van der Waals surface area contributed by atoms with E-state index < -0.39 is 0 Å². The van der Waals surface area contributed by atoms with Crippen molar-refractivity contribution in [3.8, 4) is 0 Å². The minimum Gasteiger partial charge on any atom is -0.301 e. The third-order valence-corrected chi connectivity index (χ3v) is 3.78. The molecule has 3 heteroatoms. The van der Waals surface area contributed by atoms with Gasteiger partial charge in [0.25, 0.3) is 0 Å². The smallest absolute Gasteiger partial charge is 0.0984 e. The molecule has 0 spiro atoms. The number of unbranched alkanes of at least 4 members (excludes halogenated alkanes) is 4. The first-order chi connectivity index (χ1) is 8.27. The van der Waals surface area contributed by atoms with Crippen LogP contribution < -0.4 is 0 Å². The third kappa shape index (κ3) is 5.64. The highest BCUT2D eigenvalue weighted by molar-refractivity contribution is 5.23. The molecule has 1 fully saturated rings. The Balaban J connectivity index is 2.04. The zero-order valence-electron chi connectivity index (χ0n) is 11.7. The van der Waals surface area contributed by atoms with Gasteiger partial charge in [0.2, 0.25) is 0 Å². The third-order valence-electron chi connectivity index (χ3n) is 3.78. The molecule has 0 aromatic carbocycles. The van der Waals surface area contributed by atoms with Gasteiger partial charge in [0, 0.05) is 26.2 Å². The zero-order chi connectivity index (χ0) is 12.5. The lowest BCUT2D eigenvalue weighted by Gasteiger charge is -2.36. The minimum atomic E-state index is 0.293. The van der Waals surface area contributed by atoms with Gasteiger partial charge >= 0.3 is 0 Å². The molecule has 0 radical (unpaired) electrons. The largest absolute Gasteiger partial charge is 0.301 e. The van der Waals surface area contributed by atoms with E-state index in [1.807, 2.05) is 0 Å². The van der Waals surface area contributed by atoms with E-state index in [1.165, 1.54) is 51.7 Å². The molecule has 0 aromatic rings. The number of rotatable bonds is 8. The van der Waals surface area contributed by atoms with Crippen molar-refractivity contribution < 1.29 is 0 Å². The van der Waals surface area contributed by atoms with E-state index >= 15 is 0 Å². The van der Waals surface area contributed by atoms with Crippen LogP contribution in [0.4, 0.5) is 0 Å². The van der Waals surface area contributed by atoms with E-state index in [-0.39, 0.29) is 0 Å². The highest BCUT2D eigenvalue weighted by Gasteiger charge is 2.19. The van der Waals surface area contributed by atoms with Crippen LogP contribution in [0, 0.1) is 0 Å². The molecule has 1 saturated heterocycles. The average molecular weight is 239 g/mol. The number of nitrogens with zero attached hydrogens (tertiary/aromatic N) is 3. The van der Waals surface area contributed by atoms with Crippen LogP contribution in [0.3, 0.4) is 0 Å². The maximum atomic E-state index is 4.09. The molecule has 1 rings (SSSR count). The zero-order valence-corrected chi connectivity index (χ0v) is 11.7. The van der Waals surface area contributed by atoms with Crippen molar-refractivity contribution >= 4 is 6.72 Å². The van der Waals surface area contributed by atoms with Crippen molar-refractivity contribution in [3.05, 3.63) is 0 Å². The van der Waals surface area contributed by atoms with Gasteiger partial charge in [0.05, 0.1) is 6.17 Å². The predicted molar refractivity (Wildman–Crippen MR) is 75.8 cm³/mol. The van der Waals surface area contributed by atoms with Crippen LogP contribution >= 0.6 is 0 Å². The van der Waals surface area contributed by atoms with Crippen LogP contribution in [0.15, 0.2) is 4.99 Å². The maximum absolute atomic E-state index is 4.09. The standard InChI is InChI=1S/C14H29N3/c1-4-5-6-7-8-9-16-10-12-17(13-11-16)14(2)15-3/h14H,3-13H2,1-2H3. The molecule has 1 unspecified atom stereocenters. The molecule has 3 nitrogen and oxygen atoms in total. The SMILES string of the molecule is C=NC(C)N1CCN(CCCCCCC)CC1. The molecule has 0 bridgehead atoms. The topological polar surface area (TPSA) is 18.8 Å². The van der Waals surface area contributed by atoms with Gasteiger partial charge in [-0.15, -0.1) is 0 Å². The number of hydrogen-bond acceptors (Lipinski definition) is 3. The Labute approximate surface area is 107 Å². The van der Waals surface area contributed by atoms with Crippen molar-refractivity contribution in [1.29, 1.82) is 0 Å². The molecule has 1 aliphatic heterocycles. The lowest BCUT2D eigenvalue weighted by molar-refractivity contribution is 0.104. The van der Waals surface area contributed by atoms with E-state index in [0.29, 0.717) is 6.17 Å². The first-order valence-corrected chi connectivity index (χ1v) is 7.20. The summed E-state index contributed by atoms with van der Waals surface area (Å²) in [6.07, 6.45) is 7.21. The van der Waals surface area contributed by atoms with Gasteiger partial charge in [-0.2, -0.15) is 0 Å². The Morgan fingerprint density at radius 2 is 1.71 bits per heavy atom. The molecular formula is C14H29N3. The van der Waals surface area contributed by atoms with Crippen molar-refractivity contribution in [2.75, 3.05) is 32.7 Å². The van der Waals surface area contributed by atoms with Gasteiger partial charge in [-0.25, -0.2) is 0 Å². The summed E-state index contributed by atoms with van der Waals surface area (Å²) in [5.41, 5.74) is 0. The first-order valence-electron chi connectivity index (χ1n) is 7.20. The van der Waals surface area contributed by atoms with E-state index in [1.54, 1.807) is 0 Å². The normalized spacial score (nSPS) is 20.4. The molecule has 1 heterocycles. The number of piperazine rings is 1. The average Bonchev–Trinajstić information content (AvgIpc) is 2.38. The fourth-order valence-electron chi connectivity index (χ4n) is 2.42. The summed E-state index contributed by atoms with van der Waals surface area (Å²) in [5, 5.41) is 0. The summed E-state index contributed by atoms with van der Waals surface area (Å²) in [6, 6.07) is 0. The summed E-state index contributed by atoms with van der Waals surface area (Å²) in [7, 11) is 0. The van der Waals surface area contributed by atoms with Crippen LogP contribution in [0.2, 0.25) is 0 Å². The Morgan fingerprint density at radius 1 is 1.06 bits per heavy atom. The summed E-state index contributed by atoms with van der Waals surface area (Å²) in [6.45, 7) is 14.0. The highest BCUT2D eigenvalue weighted by atomic mass is 15.3. The molecule has 0 amide bonds. The Hall–Kier alpha value is -0.410. The minimum absolute atomic E-state index is 0.293. The first kappa shape index (κ1) is 14.7. The fourth-order valence-corrected chi connectivity index (χ4v) is 2.42. The summed E-state index contributed by atoms with van der Waals surface area (Å²) in [4.78, 5) is 9.10. The molecular weight excluding hydrogens is 210 g/mol. The summed E-state index contributed by atoms with van der Waals surface area (Å²) in [5.74, 6) is 0. The second-order valence-electron chi connectivity index (χ2n) is 5.11. The van der Waals surface area contributed by atoms with Crippen LogP contribution in [-0.2, 0) is 0 Å². The van der Waals surface area contributed by atoms with Gasteiger partial charge in [0.15, 0.2) is 0 Å². The van der Waals surface area contributed by atoms with Crippen LogP contribution in [-0.4, -0.2) is 55.4 Å². The lowest BCUT2D eigenvalue weighted by atomic mass is 10.1. The Bertz CT molecular complexity index is 198. The van der Waals surface area contributed by atoms with Gasteiger partial charge < -0.3 is 4.90 Å². The Morgan fingerprint density at radius 3 is 2.29 bits per heavy atom. The molecule has 17 heavy (non-hydrogen) atoms. The van der Waals surface area contributed by atoms with Crippen LogP contribution in [0.1, 0.15) is 46.0 Å². The quantitative estimate of drug-likeness (QED) is 0.479. The molecule has 0 saturated carbocycles. The second kappa shape index (κ2) is 8.65. The molecule has 1 aliphatic rings. The van der Waals surface area contributed by atoms with Crippen molar-refractivity contribution in [1.82, 2.24) is 9.80 Å².